The van der Waals surface area contributed by atoms with Crippen molar-refractivity contribution in [3.05, 3.63) is 0 Å². The fourth-order valence-electron chi connectivity index (χ4n) is 2.27. The Kier molecular flexibility index (Phi) is 7.44. The molecule has 17 heavy (non-hydrogen) atoms. The lowest BCUT2D eigenvalue weighted by Gasteiger charge is -2.36. The third-order valence-corrected chi connectivity index (χ3v) is 4.40. The van der Waals surface area contributed by atoms with Crippen molar-refractivity contribution in [3.8, 4) is 0 Å². The molecule has 0 aromatic heterocycles. The minimum Gasteiger partial charge on any atom is -0.481 e. The van der Waals surface area contributed by atoms with Crippen LogP contribution in [0.2, 0.25) is 0 Å². The Morgan fingerprint density at radius 3 is 2.35 bits per heavy atom. The Balaban J connectivity index is 4.54. The lowest BCUT2D eigenvalue weighted by atomic mass is 9.69. The van der Waals surface area contributed by atoms with Gasteiger partial charge in [0.15, 0.2) is 0 Å². The summed E-state index contributed by atoms with van der Waals surface area (Å²) in [6, 6.07) is 0. The number of carbonyl (C=O) groups is 1. The fourth-order valence-corrected chi connectivity index (χ4v) is 2.27. The van der Waals surface area contributed by atoms with E-state index in [1.807, 2.05) is 0 Å². The molecule has 3 unspecified atom stereocenters. The van der Waals surface area contributed by atoms with Crippen LogP contribution < -0.4 is 5.73 Å². The molecule has 102 valence electrons. The number of carboxylic acids is 1. The fraction of sp³-hybridized carbons (Fsp3) is 0.929. The van der Waals surface area contributed by atoms with Crippen LogP contribution in [0, 0.1) is 17.3 Å². The third kappa shape index (κ3) is 5.53. The van der Waals surface area contributed by atoms with E-state index in [0.29, 0.717) is 12.5 Å². The minimum atomic E-state index is -0.733. The molecule has 0 rings (SSSR count). The molecule has 3 nitrogen and oxygen atoms in total. The zero-order valence-electron chi connectivity index (χ0n) is 11.8. The average molecular weight is 243 g/mol. The van der Waals surface area contributed by atoms with Crippen LogP contribution in [0.4, 0.5) is 0 Å². The van der Waals surface area contributed by atoms with Crippen molar-refractivity contribution in [3.63, 3.8) is 0 Å². The van der Waals surface area contributed by atoms with E-state index >= 15 is 0 Å². The van der Waals surface area contributed by atoms with Gasteiger partial charge in [0.1, 0.15) is 0 Å². The molecule has 0 aliphatic carbocycles. The average Bonchev–Trinajstić information content (AvgIpc) is 2.32. The summed E-state index contributed by atoms with van der Waals surface area (Å²) < 4.78 is 0. The second-order valence-corrected chi connectivity index (χ2v) is 5.59. The summed E-state index contributed by atoms with van der Waals surface area (Å²) >= 11 is 0. The van der Waals surface area contributed by atoms with E-state index in [1.165, 1.54) is 6.42 Å². The van der Waals surface area contributed by atoms with Crippen molar-refractivity contribution in [2.24, 2.45) is 23.0 Å². The van der Waals surface area contributed by atoms with Crippen LogP contribution in [0.1, 0.15) is 59.8 Å². The van der Waals surface area contributed by atoms with Crippen LogP contribution in [0.15, 0.2) is 0 Å². The van der Waals surface area contributed by atoms with Crippen molar-refractivity contribution in [2.75, 3.05) is 6.54 Å². The van der Waals surface area contributed by atoms with Crippen molar-refractivity contribution in [2.45, 2.75) is 59.8 Å². The van der Waals surface area contributed by atoms with Crippen LogP contribution in [0.25, 0.3) is 0 Å². The monoisotopic (exact) mass is 243 g/mol. The van der Waals surface area contributed by atoms with E-state index in [4.69, 9.17) is 10.8 Å². The smallest absolute Gasteiger partial charge is 0.303 e. The van der Waals surface area contributed by atoms with Gasteiger partial charge in [0.25, 0.3) is 0 Å². The molecule has 0 saturated carbocycles. The van der Waals surface area contributed by atoms with E-state index in [0.717, 1.165) is 19.3 Å². The minimum absolute atomic E-state index is 0.0660. The second kappa shape index (κ2) is 7.70. The van der Waals surface area contributed by atoms with E-state index in [1.54, 1.807) is 0 Å². The van der Waals surface area contributed by atoms with Crippen LogP contribution in [-0.4, -0.2) is 17.6 Å². The van der Waals surface area contributed by atoms with Crippen molar-refractivity contribution in [1.29, 1.82) is 0 Å². The molecule has 3 heteroatoms. The number of hydrogen-bond donors (Lipinski definition) is 2. The molecule has 0 aliphatic rings. The SMILES string of the molecule is CCC(C)CCC(C)(CC)C(CN)CC(=O)O. The van der Waals surface area contributed by atoms with Crippen molar-refractivity contribution < 1.29 is 9.90 Å². The highest BCUT2D eigenvalue weighted by atomic mass is 16.4. The summed E-state index contributed by atoms with van der Waals surface area (Å²) in [5, 5.41) is 8.94. The molecule has 0 aliphatic heterocycles. The summed E-state index contributed by atoms with van der Waals surface area (Å²) in [7, 11) is 0. The van der Waals surface area contributed by atoms with Gasteiger partial charge >= 0.3 is 5.97 Å². The number of rotatable bonds is 9. The van der Waals surface area contributed by atoms with Crippen LogP contribution in [0.3, 0.4) is 0 Å². The number of hydrogen-bond acceptors (Lipinski definition) is 2. The predicted octanol–water partition coefficient (Wildman–Crippen LogP) is 3.28. The maximum atomic E-state index is 10.9. The third-order valence-electron chi connectivity index (χ3n) is 4.40. The maximum absolute atomic E-state index is 10.9. The Bertz CT molecular complexity index is 230. The standard InChI is InChI=1S/C14H29NO2/c1-5-11(3)7-8-14(4,6-2)12(10-15)9-13(16)17/h11-12H,5-10,15H2,1-4H3,(H,16,17). The molecule has 0 heterocycles. The van der Waals surface area contributed by atoms with Gasteiger partial charge < -0.3 is 10.8 Å². The molecular formula is C14H29NO2. The summed E-state index contributed by atoms with van der Waals surface area (Å²) in [5.41, 5.74) is 5.82. The first kappa shape index (κ1) is 16.4. The lowest BCUT2D eigenvalue weighted by molar-refractivity contribution is -0.139. The highest BCUT2D eigenvalue weighted by Gasteiger charge is 2.33. The van der Waals surface area contributed by atoms with Gasteiger partial charge in [-0.25, -0.2) is 0 Å². The highest BCUT2D eigenvalue weighted by Crippen LogP contribution is 2.38. The van der Waals surface area contributed by atoms with E-state index < -0.39 is 5.97 Å². The molecule has 0 radical (unpaired) electrons. The molecule has 0 fully saturated rings. The Labute approximate surface area is 106 Å². The van der Waals surface area contributed by atoms with E-state index in [2.05, 4.69) is 27.7 Å². The largest absolute Gasteiger partial charge is 0.481 e. The van der Waals surface area contributed by atoms with Crippen molar-refractivity contribution in [1.82, 2.24) is 0 Å². The molecule has 0 aromatic carbocycles. The number of nitrogens with two attached hydrogens (primary N) is 1. The van der Waals surface area contributed by atoms with Gasteiger partial charge in [0.05, 0.1) is 0 Å². The van der Waals surface area contributed by atoms with Gasteiger partial charge in [0.2, 0.25) is 0 Å². The van der Waals surface area contributed by atoms with Gasteiger partial charge in [-0.15, -0.1) is 0 Å². The zero-order chi connectivity index (χ0) is 13.5. The van der Waals surface area contributed by atoms with Crippen LogP contribution in [0.5, 0.6) is 0 Å². The second-order valence-electron chi connectivity index (χ2n) is 5.59. The van der Waals surface area contributed by atoms with Gasteiger partial charge in [0, 0.05) is 6.42 Å². The summed E-state index contributed by atoms with van der Waals surface area (Å²) in [6.45, 7) is 9.25. The predicted molar refractivity (Wildman–Crippen MR) is 71.9 cm³/mol. The molecule has 0 aromatic rings. The van der Waals surface area contributed by atoms with Gasteiger partial charge in [-0.3, -0.25) is 4.79 Å². The topological polar surface area (TPSA) is 63.3 Å². The van der Waals surface area contributed by atoms with Crippen molar-refractivity contribution >= 4 is 5.97 Å². The quantitative estimate of drug-likeness (QED) is 0.653. The number of carboxylic acid groups (broad SMARTS) is 1. The summed E-state index contributed by atoms with van der Waals surface area (Å²) in [4.78, 5) is 10.9. The van der Waals surface area contributed by atoms with Crippen LogP contribution >= 0.6 is 0 Å². The molecule has 0 spiro atoms. The first-order chi connectivity index (χ1) is 7.89. The van der Waals surface area contributed by atoms with E-state index in [-0.39, 0.29) is 17.8 Å². The van der Waals surface area contributed by atoms with Gasteiger partial charge in [-0.05, 0) is 30.2 Å². The Morgan fingerprint density at radius 2 is 2.00 bits per heavy atom. The van der Waals surface area contributed by atoms with Gasteiger partial charge in [-0.1, -0.05) is 47.0 Å². The first-order valence-corrected chi connectivity index (χ1v) is 6.81. The Hall–Kier alpha value is -0.570. The van der Waals surface area contributed by atoms with Crippen LogP contribution in [-0.2, 0) is 4.79 Å². The molecule has 0 bridgehead atoms. The molecule has 0 saturated heterocycles. The molecule has 3 atom stereocenters. The lowest BCUT2D eigenvalue weighted by Crippen LogP contribution is -2.34. The number of aliphatic carboxylic acids is 1. The van der Waals surface area contributed by atoms with E-state index in [9.17, 15) is 4.79 Å². The molecule has 3 N–H and O–H groups in total. The van der Waals surface area contributed by atoms with Gasteiger partial charge in [-0.2, -0.15) is 0 Å². The Morgan fingerprint density at radius 1 is 1.41 bits per heavy atom. The highest BCUT2D eigenvalue weighted by molar-refractivity contribution is 5.67. The summed E-state index contributed by atoms with van der Waals surface area (Å²) in [5.74, 6) is 0.0712. The first-order valence-electron chi connectivity index (χ1n) is 6.81. The zero-order valence-corrected chi connectivity index (χ0v) is 11.8. The normalized spacial score (nSPS) is 18.4. The molecular weight excluding hydrogens is 214 g/mol. The summed E-state index contributed by atoms with van der Waals surface area (Å²) in [6.07, 6.45) is 4.62. The maximum Gasteiger partial charge on any atom is 0.303 e. The molecule has 0 amide bonds.